The molecule has 2 aromatic carbocycles. The third kappa shape index (κ3) is 5.56. The first-order chi connectivity index (χ1) is 10.0. The fourth-order valence-electron chi connectivity index (χ4n) is 1.92. The van der Waals surface area contributed by atoms with Gasteiger partial charge >= 0.3 is 0 Å². The van der Waals surface area contributed by atoms with Crippen molar-refractivity contribution < 1.29 is 0 Å². The van der Waals surface area contributed by atoms with Gasteiger partial charge in [0, 0.05) is 26.8 Å². The van der Waals surface area contributed by atoms with Crippen LogP contribution in [0.15, 0.2) is 67.5 Å². The number of nitrogens with zero attached hydrogens (tertiary/aromatic N) is 2. The van der Waals surface area contributed by atoms with Gasteiger partial charge in [0.2, 0.25) is 0 Å². The first kappa shape index (κ1) is 16.1. The van der Waals surface area contributed by atoms with Crippen LogP contribution in [0.5, 0.6) is 0 Å². The minimum absolute atomic E-state index is 0.770. The van der Waals surface area contributed by atoms with E-state index < -0.39 is 0 Å². The smallest absolute Gasteiger partial charge is 0.0629 e. The van der Waals surface area contributed by atoms with E-state index in [-0.39, 0.29) is 0 Å². The van der Waals surface area contributed by atoms with Gasteiger partial charge < -0.3 is 0 Å². The van der Waals surface area contributed by atoms with Crippen LogP contribution in [-0.2, 0) is 0 Å². The van der Waals surface area contributed by atoms with Crippen LogP contribution in [0, 0.1) is 0 Å². The van der Waals surface area contributed by atoms with E-state index in [1.807, 2.05) is 62.4 Å². The Morgan fingerprint density at radius 2 is 1.05 bits per heavy atom. The molecule has 2 rings (SSSR count). The fraction of sp³-hybridized carbons (Fsp3) is 0.176. The van der Waals surface area contributed by atoms with Gasteiger partial charge in [-0.2, -0.15) is 0 Å². The van der Waals surface area contributed by atoms with Gasteiger partial charge in [-0.1, -0.05) is 31.9 Å². The quantitative estimate of drug-likeness (QED) is 0.517. The van der Waals surface area contributed by atoms with Gasteiger partial charge in [-0.15, -0.1) is 0 Å². The molecule has 0 N–H and O–H groups in total. The van der Waals surface area contributed by atoms with Crippen molar-refractivity contribution in [2.45, 2.75) is 20.3 Å². The van der Waals surface area contributed by atoms with E-state index in [9.17, 15) is 0 Å². The molecule has 2 nitrogen and oxygen atoms in total. The van der Waals surface area contributed by atoms with E-state index in [1.165, 1.54) is 0 Å². The summed E-state index contributed by atoms with van der Waals surface area (Å²) in [5.41, 5.74) is 4.03. The predicted molar refractivity (Wildman–Crippen MR) is 98.4 cm³/mol. The highest BCUT2D eigenvalue weighted by Crippen LogP contribution is 2.19. The van der Waals surface area contributed by atoms with Crippen LogP contribution >= 0.6 is 31.9 Å². The third-order valence-corrected chi connectivity index (χ3v) is 3.86. The molecule has 0 aromatic heterocycles. The molecular formula is C17H16Br2N2. The minimum Gasteiger partial charge on any atom is -0.258 e. The molecule has 0 aliphatic carbocycles. The molecule has 0 unspecified atom stereocenters. The highest BCUT2D eigenvalue weighted by molar-refractivity contribution is 9.10. The summed E-state index contributed by atoms with van der Waals surface area (Å²) in [6.45, 7) is 4.06. The Bertz CT molecular complexity index is 597. The lowest BCUT2D eigenvalue weighted by molar-refractivity contribution is 1.37. The van der Waals surface area contributed by atoms with E-state index in [0.717, 1.165) is 38.2 Å². The Hall–Kier alpha value is -1.26. The van der Waals surface area contributed by atoms with Crippen molar-refractivity contribution in [3.05, 3.63) is 57.5 Å². The number of rotatable bonds is 4. The molecule has 2 aromatic rings. The zero-order chi connectivity index (χ0) is 15.2. The van der Waals surface area contributed by atoms with Gasteiger partial charge in [-0.25, -0.2) is 0 Å². The van der Waals surface area contributed by atoms with Crippen LogP contribution in [0.1, 0.15) is 20.3 Å². The molecule has 108 valence electrons. The van der Waals surface area contributed by atoms with E-state index in [0.29, 0.717) is 0 Å². The zero-order valence-corrected chi connectivity index (χ0v) is 15.1. The standard InChI is InChI=1S/C17H16Br2N2/c1-12(20-16-7-3-14(18)4-8-16)11-13(2)21-17-9-5-15(19)6-10-17/h3-10H,11H2,1-2H3. The molecular weight excluding hydrogens is 392 g/mol. The Morgan fingerprint density at radius 1 is 0.714 bits per heavy atom. The molecule has 0 aliphatic heterocycles. The molecule has 0 aliphatic rings. The number of hydrogen-bond donors (Lipinski definition) is 0. The van der Waals surface area contributed by atoms with Crippen molar-refractivity contribution >= 4 is 54.7 Å². The number of hydrogen-bond acceptors (Lipinski definition) is 2. The lowest BCUT2D eigenvalue weighted by atomic mass is 10.2. The summed E-state index contributed by atoms with van der Waals surface area (Å²) in [6, 6.07) is 16.0. The van der Waals surface area contributed by atoms with Gasteiger partial charge in [-0.05, 0) is 62.4 Å². The fourth-order valence-corrected chi connectivity index (χ4v) is 2.45. The van der Waals surface area contributed by atoms with Gasteiger partial charge in [0.05, 0.1) is 11.4 Å². The molecule has 0 saturated heterocycles. The first-order valence-electron chi connectivity index (χ1n) is 6.62. The number of benzene rings is 2. The van der Waals surface area contributed by atoms with Gasteiger partial charge in [0.25, 0.3) is 0 Å². The molecule has 0 radical (unpaired) electrons. The van der Waals surface area contributed by atoms with E-state index in [4.69, 9.17) is 0 Å². The summed E-state index contributed by atoms with van der Waals surface area (Å²) in [6.07, 6.45) is 0.770. The molecule has 0 spiro atoms. The van der Waals surface area contributed by atoms with Crippen LogP contribution in [0.3, 0.4) is 0 Å². The maximum absolute atomic E-state index is 4.60. The van der Waals surface area contributed by atoms with Crippen LogP contribution in [-0.4, -0.2) is 11.4 Å². The van der Waals surface area contributed by atoms with Gasteiger partial charge in [0.15, 0.2) is 0 Å². The second-order valence-electron chi connectivity index (χ2n) is 4.82. The summed E-state index contributed by atoms with van der Waals surface area (Å²) in [5, 5.41) is 0. The molecule has 0 amide bonds. The Labute approximate surface area is 142 Å². The summed E-state index contributed by atoms with van der Waals surface area (Å²) < 4.78 is 2.12. The molecule has 21 heavy (non-hydrogen) atoms. The molecule has 0 heterocycles. The summed E-state index contributed by atoms with van der Waals surface area (Å²) in [4.78, 5) is 9.21. The van der Waals surface area contributed by atoms with E-state index in [1.54, 1.807) is 0 Å². The molecule has 0 bridgehead atoms. The van der Waals surface area contributed by atoms with Crippen LogP contribution in [0.25, 0.3) is 0 Å². The van der Waals surface area contributed by atoms with Crippen LogP contribution < -0.4 is 0 Å². The Morgan fingerprint density at radius 3 is 1.38 bits per heavy atom. The van der Waals surface area contributed by atoms with Gasteiger partial charge in [-0.3, -0.25) is 9.98 Å². The topological polar surface area (TPSA) is 24.7 Å². The Balaban J connectivity index is 2.05. The second-order valence-corrected chi connectivity index (χ2v) is 6.66. The molecule has 0 atom stereocenters. The van der Waals surface area contributed by atoms with Crippen molar-refractivity contribution in [1.82, 2.24) is 0 Å². The lowest BCUT2D eigenvalue weighted by Gasteiger charge is -2.02. The van der Waals surface area contributed by atoms with Crippen molar-refractivity contribution in [1.29, 1.82) is 0 Å². The average Bonchev–Trinajstić information content (AvgIpc) is 2.44. The van der Waals surface area contributed by atoms with Crippen molar-refractivity contribution in [2.75, 3.05) is 0 Å². The highest BCUT2D eigenvalue weighted by atomic mass is 79.9. The monoisotopic (exact) mass is 406 g/mol. The predicted octanol–water partition coefficient (Wildman–Crippen LogP) is 6.49. The minimum atomic E-state index is 0.770. The zero-order valence-electron chi connectivity index (χ0n) is 12.0. The molecule has 0 fully saturated rings. The third-order valence-electron chi connectivity index (χ3n) is 2.80. The Kier molecular flexibility index (Phi) is 5.88. The SMILES string of the molecule is CC(CC(C)=Nc1ccc(Br)cc1)=Nc1ccc(Br)cc1. The lowest BCUT2D eigenvalue weighted by Crippen LogP contribution is -2.00. The molecule has 4 heteroatoms. The maximum Gasteiger partial charge on any atom is 0.0629 e. The van der Waals surface area contributed by atoms with E-state index >= 15 is 0 Å². The van der Waals surface area contributed by atoms with Crippen molar-refractivity contribution in [3.63, 3.8) is 0 Å². The highest BCUT2D eigenvalue weighted by Gasteiger charge is 1.98. The average molecular weight is 408 g/mol. The maximum atomic E-state index is 4.60. The largest absolute Gasteiger partial charge is 0.258 e. The van der Waals surface area contributed by atoms with Crippen LogP contribution in [0.2, 0.25) is 0 Å². The summed E-state index contributed by atoms with van der Waals surface area (Å²) >= 11 is 6.85. The number of aliphatic imine (C=N–C) groups is 2. The number of halogens is 2. The first-order valence-corrected chi connectivity index (χ1v) is 8.21. The van der Waals surface area contributed by atoms with E-state index in [2.05, 4.69) is 41.8 Å². The summed E-state index contributed by atoms with van der Waals surface area (Å²) in [7, 11) is 0. The van der Waals surface area contributed by atoms with Gasteiger partial charge in [0.1, 0.15) is 0 Å². The second kappa shape index (κ2) is 7.66. The summed E-state index contributed by atoms with van der Waals surface area (Å²) in [5.74, 6) is 0. The van der Waals surface area contributed by atoms with Crippen LogP contribution in [0.4, 0.5) is 11.4 Å². The molecule has 0 saturated carbocycles. The normalized spacial score (nSPS) is 12.6. The van der Waals surface area contributed by atoms with Crippen molar-refractivity contribution in [3.8, 4) is 0 Å². The van der Waals surface area contributed by atoms with Crippen molar-refractivity contribution in [2.24, 2.45) is 9.98 Å².